The number of carbonyl (C=O) groups excluding carboxylic acids is 1. The summed E-state index contributed by atoms with van der Waals surface area (Å²) in [5.41, 5.74) is 4.52. The second-order valence-electron chi connectivity index (χ2n) is 4.79. The lowest BCUT2D eigenvalue weighted by molar-refractivity contribution is 0.102. The maximum Gasteiger partial charge on any atom is 0.276 e. The molecule has 1 amide bonds. The lowest BCUT2D eigenvalue weighted by Gasteiger charge is -2.18. The molecule has 0 radical (unpaired) electrons. The van der Waals surface area contributed by atoms with Crippen LogP contribution in [0.1, 0.15) is 28.2 Å². The molecule has 1 aromatic heterocycles. The Morgan fingerprint density at radius 3 is 2.95 bits per heavy atom. The van der Waals surface area contributed by atoms with Crippen molar-refractivity contribution < 1.29 is 4.79 Å². The fourth-order valence-corrected chi connectivity index (χ4v) is 2.28. The SMILES string of the molecule is Cc1cc(C(=O)Nc2ccc3c(c2)CCCN3)n[nH]1.Cl. The van der Waals surface area contributed by atoms with Crippen LogP contribution in [0.2, 0.25) is 0 Å². The first-order valence-electron chi connectivity index (χ1n) is 6.42. The maximum absolute atomic E-state index is 12.0. The van der Waals surface area contributed by atoms with E-state index >= 15 is 0 Å². The Morgan fingerprint density at radius 1 is 1.35 bits per heavy atom. The number of hydrogen-bond acceptors (Lipinski definition) is 3. The summed E-state index contributed by atoms with van der Waals surface area (Å²) < 4.78 is 0. The molecule has 2 aromatic rings. The number of amides is 1. The predicted octanol–water partition coefficient (Wildman–Crippen LogP) is 2.75. The number of aryl methyl sites for hydroxylation is 2. The summed E-state index contributed by atoms with van der Waals surface area (Å²) in [6, 6.07) is 7.68. The summed E-state index contributed by atoms with van der Waals surface area (Å²) in [6.45, 7) is 2.89. The summed E-state index contributed by atoms with van der Waals surface area (Å²) in [6.07, 6.45) is 2.18. The third kappa shape index (κ3) is 2.93. The highest BCUT2D eigenvalue weighted by Gasteiger charge is 2.12. The van der Waals surface area contributed by atoms with Gasteiger partial charge in [-0.2, -0.15) is 5.10 Å². The number of anilines is 2. The smallest absolute Gasteiger partial charge is 0.276 e. The molecule has 1 aliphatic heterocycles. The quantitative estimate of drug-likeness (QED) is 0.797. The van der Waals surface area contributed by atoms with Gasteiger partial charge >= 0.3 is 0 Å². The number of nitrogens with one attached hydrogen (secondary N) is 3. The molecule has 1 aromatic carbocycles. The van der Waals surface area contributed by atoms with Crippen molar-refractivity contribution in [1.82, 2.24) is 10.2 Å². The van der Waals surface area contributed by atoms with Crippen LogP contribution in [0, 0.1) is 6.92 Å². The zero-order valence-corrected chi connectivity index (χ0v) is 12.0. The average molecular weight is 293 g/mol. The summed E-state index contributed by atoms with van der Waals surface area (Å²) in [7, 11) is 0. The number of aromatic nitrogens is 2. The Balaban J connectivity index is 0.00000147. The third-order valence-electron chi connectivity index (χ3n) is 3.24. The first kappa shape index (κ1) is 14.4. The van der Waals surface area contributed by atoms with E-state index in [1.54, 1.807) is 6.07 Å². The molecular weight excluding hydrogens is 276 g/mol. The van der Waals surface area contributed by atoms with Crippen molar-refractivity contribution >= 4 is 29.7 Å². The van der Waals surface area contributed by atoms with Gasteiger partial charge in [0, 0.05) is 23.6 Å². The van der Waals surface area contributed by atoms with Gasteiger partial charge in [-0.15, -0.1) is 12.4 Å². The van der Waals surface area contributed by atoms with Gasteiger partial charge in [-0.05, 0) is 49.6 Å². The zero-order chi connectivity index (χ0) is 13.2. The number of rotatable bonds is 2. The minimum Gasteiger partial charge on any atom is -0.385 e. The Labute approximate surface area is 123 Å². The van der Waals surface area contributed by atoms with Gasteiger partial charge in [0.05, 0.1) is 0 Å². The minimum atomic E-state index is -0.187. The normalized spacial score (nSPS) is 12.8. The lowest BCUT2D eigenvalue weighted by atomic mass is 10.0. The molecule has 0 saturated heterocycles. The summed E-state index contributed by atoms with van der Waals surface area (Å²) in [5.74, 6) is -0.187. The van der Waals surface area contributed by atoms with Crippen LogP contribution >= 0.6 is 12.4 Å². The van der Waals surface area contributed by atoms with Crippen LogP contribution in [0.3, 0.4) is 0 Å². The second kappa shape index (κ2) is 5.96. The van der Waals surface area contributed by atoms with Crippen molar-refractivity contribution in [2.75, 3.05) is 17.2 Å². The summed E-state index contributed by atoms with van der Waals surface area (Å²) >= 11 is 0. The number of hydrogen-bond donors (Lipinski definition) is 3. The van der Waals surface area contributed by atoms with Crippen LogP contribution in [-0.2, 0) is 6.42 Å². The number of aromatic amines is 1. The average Bonchev–Trinajstić information content (AvgIpc) is 2.85. The molecule has 1 aliphatic rings. The molecular formula is C14H17ClN4O. The fraction of sp³-hybridized carbons (Fsp3) is 0.286. The molecule has 5 nitrogen and oxygen atoms in total. The van der Waals surface area contributed by atoms with Crippen molar-refractivity contribution in [3.63, 3.8) is 0 Å². The number of nitrogens with zero attached hydrogens (tertiary/aromatic N) is 1. The maximum atomic E-state index is 12.0. The molecule has 20 heavy (non-hydrogen) atoms. The van der Waals surface area contributed by atoms with Crippen molar-refractivity contribution in [3.05, 3.63) is 41.2 Å². The molecule has 3 N–H and O–H groups in total. The molecule has 0 atom stereocenters. The first-order valence-corrected chi connectivity index (χ1v) is 6.42. The van der Waals surface area contributed by atoms with Gasteiger partial charge in [0.2, 0.25) is 0 Å². The zero-order valence-electron chi connectivity index (χ0n) is 11.2. The monoisotopic (exact) mass is 292 g/mol. The Kier molecular flexibility index (Phi) is 4.29. The van der Waals surface area contributed by atoms with Gasteiger partial charge in [-0.3, -0.25) is 9.89 Å². The van der Waals surface area contributed by atoms with Gasteiger partial charge in [-0.25, -0.2) is 0 Å². The van der Waals surface area contributed by atoms with Crippen molar-refractivity contribution in [2.45, 2.75) is 19.8 Å². The van der Waals surface area contributed by atoms with Crippen LogP contribution in [0.25, 0.3) is 0 Å². The van der Waals surface area contributed by atoms with Gasteiger partial charge in [0.1, 0.15) is 0 Å². The van der Waals surface area contributed by atoms with E-state index < -0.39 is 0 Å². The Hall–Kier alpha value is -2.01. The van der Waals surface area contributed by atoms with Gasteiger partial charge in [-0.1, -0.05) is 0 Å². The highest BCUT2D eigenvalue weighted by atomic mass is 35.5. The first-order chi connectivity index (χ1) is 9.22. The largest absolute Gasteiger partial charge is 0.385 e. The van der Waals surface area contributed by atoms with E-state index in [0.717, 1.165) is 30.8 Å². The molecule has 3 rings (SSSR count). The van der Waals surface area contributed by atoms with E-state index in [1.807, 2.05) is 25.1 Å². The van der Waals surface area contributed by atoms with E-state index in [4.69, 9.17) is 0 Å². The minimum absolute atomic E-state index is 0. The van der Waals surface area contributed by atoms with E-state index in [-0.39, 0.29) is 18.3 Å². The predicted molar refractivity (Wildman–Crippen MR) is 81.8 cm³/mol. The molecule has 0 unspecified atom stereocenters. The molecule has 106 valence electrons. The summed E-state index contributed by atoms with van der Waals surface area (Å²) in [5, 5.41) is 12.9. The van der Waals surface area contributed by atoms with Crippen LogP contribution in [-0.4, -0.2) is 22.6 Å². The van der Waals surface area contributed by atoms with Crippen LogP contribution in [0.5, 0.6) is 0 Å². The van der Waals surface area contributed by atoms with E-state index in [9.17, 15) is 4.79 Å². The highest BCUT2D eigenvalue weighted by Crippen LogP contribution is 2.25. The molecule has 0 fully saturated rings. The molecule has 0 spiro atoms. The van der Waals surface area contributed by atoms with Gasteiger partial charge in [0.15, 0.2) is 5.69 Å². The lowest BCUT2D eigenvalue weighted by Crippen LogP contribution is -2.15. The van der Waals surface area contributed by atoms with Crippen LogP contribution < -0.4 is 10.6 Å². The van der Waals surface area contributed by atoms with E-state index in [0.29, 0.717) is 5.69 Å². The molecule has 2 heterocycles. The summed E-state index contributed by atoms with van der Waals surface area (Å²) in [4.78, 5) is 12.0. The fourth-order valence-electron chi connectivity index (χ4n) is 2.28. The number of halogens is 1. The Bertz CT molecular complexity index is 623. The number of H-pyrrole nitrogens is 1. The van der Waals surface area contributed by atoms with E-state index in [2.05, 4.69) is 20.8 Å². The van der Waals surface area contributed by atoms with Gasteiger partial charge < -0.3 is 10.6 Å². The second-order valence-corrected chi connectivity index (χ2v) is 4.79. The van der Waals surface area contributed by atoms with Crippen LogP contribution in [0.4, 0.5) is 11.4 Å². The van der Waals surface area contributed by atoms with E-state index in [1.165, 1.54) is 11.3 Å². The van der Waals surface area contributed by atoms with Crippen molar-refractivity contribution in [3.8, 4) is 0 Å². The molecule has 0 bridgehead atoms. The highest BCUT2D eigenvalue weighted by molar-refractivity contribution is 6.03. The molecule has 0 saturated carbocycles. The number of benzene rings is 1. The van der Waals surface area contributed by atoms with Crippen LogP contribution in [0.15, 0.2) is 24.3 Å². The molecule has 0 aliphatic carbocycles. The number of carbonyl (C=O) groups is 1. The Morgan fingerprint density at radius 2 is 2.20 bits per heavy atom. The topological polar surface area (TPSA) is 69.8 Å². The van der Waals surface area contributed by atoms with Gasteiger partial charge in [0.25, 0.3) is 5.91 Å². The van der Waals surface area contributed by atoms with Crippen molar-refractivity contribution in [2.24, 2.45) is 0 Å². The molecule has 6 heteroatoms. The van der Waals surface area contributed by atoms with Crippen molar-refractivity contribution in [1.29, 1.82) is 0 Å². The third-order valence-corrected chi connectivity index (χ3v) is 3.24. The number of fused-ring (bicyclic) bond motifs is 1. The standard InChI is InChI=1S/C14H16N4O.ClH/c1-9-7-13(18-17-9)14(19)16-11-4-5-12-10(8-11)3-2-6-15-12;/h4-5,7-8,15H,2-3,6H2,1H3,(H,16,19)(H,17,18);1H.